The number of hydrogen-bond acceptors (Lipinski definition) is 2. The zero-order valence-electron chi connectivity index (χ0n) is 10.9. The summed E-state index contributed by atoms with van der Waals surface area (Å²) in [7, 11) is 0. The van der Waals surface area contributed by atoms with Crippen LogP contribution in [0.1, 0.15) is 11.1 Å². The number of halogens is 2. The Bertz CT molecular complexity index is 766. The fraction of sp³-hybridized carbons (Fsp3) is 0.125. The maximum Gasteiger partial charge on any atom is 0.199 e. The highest BCUT2D eigenvalue weighted by Gasteiger charge is 2.12. The monoisotopic (exact) mass is 349 g/mol. The van der Waals surface area contributed by atoms with Gasteiger partial charge in [0.25, 0.3) is 0 Å². The average Bonchev–Trinajstić information content (AvgIpc) is 2.75. The average molecular weight is 351 g/mol. The third-order valence-electron chi connectivity index (χ3n) is 3.23. The summed E-state index contributed by atoms with van der Waals surface area (Å²) in [5.41, 5.74) is 4.05. The van der Waals surface area contributed by atoms with E-state index in [4.69, 9.17) is 16.0 Å². The molecule has 1 aromatic heterocycles. The highest BCUT2D eigenvalue weighted by Crippen LogP contribution is 2.31. The summed E-state index contributed by atoms with van der Waals surface area (Å²) < 4.78 is 6.59. The van der Waals surface area contributed by atoms with Crippen molar-refractivity contribution in [3.63, 3.8) is 0 Å². The summed E-state index contributed by atoms with van der Waals surface area (Å²) in [6, 6.07) is 14.1. The molecule has 102 valence electrons. The molecule has 0 spiro atoms. The van der Waals surface area contributed by atoms with Crippen LogP contribution in [0.4, 0.5) is 5.69 Å². The number of nitrogens with one attached hydrogen (secondary N) is 1. The lowest BCUT2D eigenvalue weighted by Gasteiger charge is -2.09. The van der Waals surface area contributed by atoms with Gasteiger partial charge in [-0.1, -0.05) is 24.3 Å². The third kappa shape index (κ3) is 2.56. The molecule has 0 aliphatic rings. The highest BCUT2D eigenvalue weighted by atomic mass is 79.9. The van der Waals surface area contributed by atoms with E-state index >= 15 is 0 Å². The van der Waals surface area contributed by atoms with Gasteiger partial charge in [-0.3, -0.25) is 0 Å². The van der Waals surface area contributed by atoms with E-state index in [-0.39, 0.29) is 0 Å². The van der Waals surface area contributed by atoms with Crippen molar-refractivity contribution in [1.29, 1.82) is 0 Å². The smallest absolute Gasteiger partial charge is 0.199 e. The van der Waals surface area contributed by atoms with Gasteiger partial charge in [-0.25, -0.2) is 0 Å². The summed E-state index contributed by atoms with van der Waals surface area (Å²) in [5.74, 6) is 0. The van der Waals surface area contributed by atoms with Crippen LogP contribution in [0, 0.1) is 6.92 Å². The van der Waals surface area contributed by atoms with Crippen LogP contribution in [0.15, 0.2) is 51.4 Å². The minimum atomic E-state index is 0.447. The van der Waals surface area contributed by atoms with Crippen LogP contribution in [0.2, 0.25) is 5.22 Å². The number of anilines is 1. The van der Waals surface area contributed by atoms with E-state index in [1.165, 1.54) is 5.56 Å². The standard InChI is InChI=1S/C16H13BrClNO/c1-10-6-7-13(17)14(8-10)19-9-12-11-4-2-3-5-15(11)20-16(12)18/h2-8,19H,9H2,1H3. The van der Waals surface area contributed by atoms with E-state index in [0.29, 0.717) is 11.8 Å². The summed E-state index contributed by atoms with van der Waals surface area (Å²) in [4.78, 5) is 0. The number of para-hydroxylation sites is 1. The second-order valence-corrected chi connectivity index (χ2v) is 5.88. The Morgan fingerprint density at radius 1 is 1.20 bits per heavy atom. The van der Waals surface area contributed by atoms with Crippen LogP contribution in [0.25, 0.3) is 11.0 Å². The highest BCUT2D eigenvalue weighted by molar-refractivity contribution is 9.10. The Labute approximate surface area is 130 Å². The van der Waals surface area contributed by atoms with Crippen LogP contribution in [-0.2, 0) is 6.54 Å². The van der Waals surface area contributed by atoms with Crippen LogP contribution < -0.4 is 5.32 Å². The molecule has 0 aliphatic carbocycles. The molecule has 4 heteroatoms. The van der Waals surface area contributed by atoms with Crippen LogP contribution in [0.3, 0.4) is 0 Å². The molecule has 1 heterocycles. The largest absolute Gasteiger partial charge is 0.444 e. The van der Waals surface area contributed by atoms with E-state index in [0.717, 1.165) is 26.7 Å². The third-order valence-corrected chi connectivity index (χ3v) is 4.22. The SMILES string of the molecule is Cc1ccc(Br)c(NCc2c(Cl)oc3ccccc23)c1. The zero-order chi connectivity index (χ0) is 14.1. The van der Waals surface area contributed by atoms with Crippen molar-refractivity contribution in [3.05, 3.63) is 63.3 Å². The number of hydrogen-bond donors (Lipinski definition) is 1. The first kappa shape index (κ1) is 13.5. The van der Waals surface area contributed by atoms with Gasteiger partial charge >= 0.3 is 0 Å². The molecule has 0 atom stereocenters. The molecule has 0 aliphatic heterocycles. The normalized spacial score (nSPS) is 10.9. The number of aryl methyl sites for hydroxylation is 1. The minimum Gasteiger partial charge on any atom is -0.444 e. The van der Waals surface area contributed by atoms with Crippen molar-refractivity contribution in [2.24, 2.45) is 0 Å². The van der Waals surface area contributed by atoms with Gasteiger partial charge in [0, 0.05) is 27.7 Å². The molecule has 2 nitrogen and oxygen atoms in total. The summed E-state index contributed by atoms with van der Waals surface area (Å²) in [6.07, 6.45) is 0. The lowest BCUT2D eigenvalue weighted by atomic mass is 10.1. The number of fused-ring (bicyclic) bond motifs is 1. The van der Waals surface area contributed by atoms with E-state index in [2.05, 4.69) is 40.3 Å². The van der Waals surface area contributed by atoms with Crippen LogP contribution in [0.5, 0.6) is 0 Å². The van der Waals surface area contributed by atoms with Crippen LogP contribution in [-0.4, -0.2) is 0 Å². The minimum absolute atomic E-state index is 0.447. The van der Waals surface area contributed by atoms with Gasteiger partial charge in [0.15, 0.2) is 5.22 Å². The second-order valence-electron chi connectivity index (χ2n) is 4.69. The Morgan fingerprint density at radius 3 is 2.85 bits per heavy atom. The lowest BCUT2D eigenvalue weighted by molar-refractivity contribution is 0.613. The van der Waals surface area contributed by atoms with Crippen molar-refractivity contribution in [3.8, 4) is 0 Å². The van der Waals surface area contributed by atoms with Gasteiger partial charge in [-0.15, -0.1) is 0 Å². The molecular formula is C16H13BrClNO. The molecular weight excluding hydrogens is 338 g/mol. The Morgan fingerprint density at radius 2 is 2.00 bits per heavy atom. The van der Waals surface area contributed by atoms with Crippen molar-refractivity contribution in [2.45, 2.75) is 13.5 Å². The Kier molecular flexibility index (Phi) is 3.72. The number of rotatable bonds is 3. The van der Waals surface area contributed by atoms with Gasteiger partial charge in [0.05, 0.1) is 0 Å². The molecule has 3 rings (SSSR count). The molecule has 0 amide bonds. The van der Waals surface area contributed by atoms with Gasteiger partial charge in [0.1, 0.15) is 5.58 Å². The predicted molar refractivity (Wildman–Crippen MR) is 87.4 cm³/mol. The van der Waals surface area contributed by atoms with Gasteiger partial charge in [-0.2, -0.15) is 0 Å². The first-order valence-corrected chi connectivity index (χ1v) is 7.48. The summed E-state index contributed by atoms with van der Waals surface area (Å²) in [6.45, 7) is 2.69. The first-order valence-electron chi connectivity index (χ1n) is 6.31. The molecule has 0 fully saturated rings. The molecule has 2 aromatic carbocycles. The molecule has 0 radical (unpaired) electrons. The maximum absolute atomic E-state index is 6.19. The van der Waals surface area contributed by atoms with Crippen molar-refractivity contribution in [1.82, 2.24) is 0 Å². The first-order chi connectivity index (χ1) is 9.65. The molecule has 0 unspecified atom stereocenters. The zero-order valence-corrected chi connectivity index (χ0v) is 13.3. The molecule has 1 N–H and O–H groups in total. The van der Waals surface area contributed by atoms with Crippen molar-refractivity contribution >= 4 is 44.2 Å². The predicted octanol–water partition coefficient (Wildman–Crippen LogP) is 5.77. The molecule has 3 aromatic rings. The Balaban J connectivity index is 1.90. The van der Waals surface area contributed by atoms with Crippen molar-refractivity contribution < 1.29 is 4.42 Å². The van der Waals surface area contributed by atoms with E-state index in [9.17, 15) is 0 Å². The van der Waals surface area contributed by atoms with Crippen molar-refractivity contribution in [2.75, 3.05) is 5.32 Å². The number of furan rings is 1. The van der Waals surface area contributed by atoms with Gasteiger partial charge in [-0.05, 0) is 58.2 Å². The molecule has 0 saturated heterocycles. The molecule has 20 heavy (non-hydrogen) atoms. The second kappa shape index (κ2) is 5.51. The van der Waals surface area contributed by atoms with E-state index < -0.39 is 0 Å². The quantitative estimate of drug-likeness (QED) is 0.648. The summed E-state index contributed by atoms with van der Waals surface area (Å²) >= 11 is 9.73. The molecule has 0 bridgehead atoms. The fourth-order valence-electron chi connectivity index (χ4n) is 2.19. The topological polar surface area (TPSA) is 25.2 Å². The summed E-state index contributed by atoms with van der Waals surface area (Å²) in [5, 5.41) is 4.89. The molecule has 0 saturated carbocycles. The van der Waals surface area contributed by atoms with E-state index in [1.807, 2.05) is 30.3 Å². The van der Waals surface area contributed by atoms with Crippen LogP contribution >= 0.6 is 27.5 Å². The lowest BCUT2D eigenvalue weighted by Crippen LogP contribution is -2.00. The van der Waals surface area contributed by atoms with E-state index in [1.54, 1.807) is 0 Å². The number of benzene rings is 2. The Hall–Kier alpha value is -1.45. The maximum atomic E-state index is 6.19. The van der Waals surface area contributed by atoms with Gasteiger partial charge < -0.3 is 9.73 Å². The van der Waals surface area contributed by atoms with Gasteiger partial charge in [0.2, 0.25) is 0 Å². The fourth-order valence-corrected chi connectivity index (χ4v) is 2.83.